The van der Waals surface area contributed by atoms with Crippen LogP contribution in [0.3, 0.4) is 0 Å². The van der Waals surface area contributed by atoms with Gasteiger partial charge in [0.1, 0.15) is 5.82 Å². The number of halogens is 1. The van der Waals surface area contributed by atoms with Crippen molar-refractivity contribution in [2.75, 3.05) is 6.54 Å². The lowest BCUT2D eigenvalue weighted by Gasteiger charge is -2.06. The largest absolute Gasteiger partial charge is 0.354 e. The molecule has 1 fully saturated rings. The molecule has 1 aromatic heterocycles. The van der Waals surface area contributed by atoms with Crippen LogP contribution in [0, 0.1) is 11.7 Å². The first kappa shape index (κ1) is 16.4. The lowest BCUT2D eigenvalue weighted by Crippen LogP contribution is -2.34. The monoisotopic (exact) mass is 332 g/mol. The van der Waals surface area contributed by atoms with Crippen LogP contribution in [-0.4, -0.2) is 26.8 Å². The van der Waals surface area contributed by atoms with Crippen LogP contribution in [0.25, 0.3) is 11.4 Å². The van der Waals surface area contributed by atoms with Crippen LogP contribution in [0.2, 0.25) is 0 Å². The van der Waals surface area contributed by atoms with Crippen molar-refractivity contribution in [2.24, 2.45) is 5.92 Å². The lowest BCUT2D eigenvalue weighted by molar-refractivity contribution is -0.124. The molecule has 6 nitrogen and oxygen atoms in total. The van der Waals surface area contributed by atoms with E-state index >= 15 is 0 Å². The topological polar surface area (TPSA) is 68.9 Å². The SMILES string of the molecule is CC(C)C(=O)NCCn1nc(-c2ccc(F)cc2)n(C2CC2)c1=O. The van der Waals surface area contributed by atoms with Crippen molar-refractivity contribution in [3.8, 4) is 11.4 Å². The van der Waals surface area contributed by atoms with Crippen LogP contribution in [-0.2, 0) is 11.3 Å². The Hall–Kier alpha value is -2.44. The highest BCUT2D eigenvalue weighted by Gasteiger charge is 2.30. The maximum atomic E-state index is 13.1. The molecule has 3 rings (SSSR count). The molecule has 24 heavy (non-hydrogen) atoms. The average molecular weight is 332 g/mol. The summed E-state index contributed by atoms with van der Waals surface area (Å²) in [5.74, 6) is 0.0801. The van der Waals surface area contributed by atoms with E-state index in [1.54, 1.807) is 16.7 Å². The molecule has 0 unspecified atom stereocenters. The van der Waals surface area contributed by atoms with Crippen LogP contribution in [0.4, 0.5) is 4.39 Å². The molecule has 2 aromatic rings. The van der Waals surface area contributed by atoms with E-state index in [9.17, 15) is 14.0 Å². The molecule has 0 bridgehead atoms. The third kappa shape index (κ3) is 3.39. The Morgan fingerprint density at radius 1 is 1.33 bits per heavy atom. The quantitative estimate of drug-likeness (QED) is 0.879. The highest BCUT2D eigenvalue weighted by Crippen LogP contribution is 2.36. The molecule has 1 N–H and O–H groups in total. The minimum absolute atomic E-state index is 0.0524. The van der Waals surface area contributed by atoms with Gasteiger partial charge in [0, 0.05) is 24.1 Å². The fraction of sp³-hybridized carbons (Fsp3) is 0.471. The summed E-state index contributed by atoms with van der Waals surface area (Å²) in [7, 11) is 0. The lowest BCUT2D eigenvalue weighted by atomic mass is 10.2. The second kappa shape index (κ2) is 6.59. The third-order valence-electron chi connectivity index (χ3n) is 4.03. The van der Waals surface area contributed by atoms with E-state index in [1.807, 2.05) is 13.8 Å². The van der Waals surface area contributed by atoms with Crippen molar-refractivity contribution in [1.29, 1.82) is 0 Å². The summed E-state index contributed by atoms with van der Waals surface area (Å²) in [4.78, 5) is 24.2. The number of aromatic nitrogens is 3. The molecule has 0 spiro atoms. The Labute approximate surface area is 139 Å². The number of benzene rings is 1. The van der Waals surface area contributed by atoms with Crippen molar-refractivity contribution in [3.63, 3.8) is 0 Å². The molecular weight excluding hydrogens is 311 g/mol. The molecule has 1 aliphatic rings. The van der Waals surface area contributed by atoms with Gasteiger partial charge in [-0.2, -0.15) is 0 Å². The first-order valence-electron chi connectivity index (χ1n) is 8.20. The van der Waals surface area contributed by atoms with Gasteiger partial charge in [0.25, 0.3) is 0 Å². The van der Waals surface area contributed by atoms with Gasteiger partial charge < -0.3 is 5.32 Å². The Bertz CT molecular complexity index is 788. The van der Waals surface area contributed by atoms with Crippen LogP contribution in [0.1, 0.15) is 32.7 Å². The van der Waals surface area contributed by atoms with Gasteiger partial charge in [-0.1, -0.05) is 13.8 Å². The predicted molar refractivity (Wildman–Crippen MR) is 88.0 cm³/mol. The fourth-order valence-corrected chi connectivity index (χ4v) is 2.51. The number of hydrogen-bond acceptors (Lipinski definition) is 3. The summed E-state index contributed by atoms with van der Waals surface area (Å²) in [6.07, 6.45) is 1.90. The Kier molecular flexibility index (Phi) is 4.51. The molecule has 1 saturated carbocycles. The highest BCUT2D eigenvalue weighted by atomic mass is 19.1. The summed E-state index contributed by atoms with van der Waals surface area (Å²) in [6, 6.07) is 6.14. The van der Waals surface area contributed by atoms with E-state index < -0.39 is 0 Å². The molecule has 1 aliphatic carbocycles. The van der Waals surface area contributed by atoms with Crippen LogP contribution in [0.5, 0.6) is 0 Å². The Morgan fingerprint density at radius 3 is 2.58 bits per heavy atom. The fourth-order valence-electron chi connectivity index (χ4n) is 2.51. The summed E-state index contributed by atoms with van der Waals surface area (Å²) < 4.78 is 16.2. The van der Waals surface area contributed by atoms with Crippen LogP contribution < -0.4 is 11.0 Å². The van der Waals surface area contributed by atoms with Crippen molar-refractivity contribution in [2.45, 2.75) is 39.3 Å². The van der Waals surface area contributed by atoms with E-state index in [4.69, 9.17) is 0 Å². The molecule has 7 heteroatoms. The van der Waals surface area contributed by atoms with Gasteiger partial charge in [-0.3, -0.25) is 9.36 Å². The minimum Gasteiger partial charge on any atom is -0.354 e. The number of carbonyl (C=O) groups is 1. The Balaban J connectivity index is 1.83. The number of hydrogen-bond donors (Lipinski definition) is 1. The third-order valence-corrected chi connectivity index (χ3v) is 4.03. The summed E-state index contributed by atoms with van der Waals surface area (Å²) in [6.45, 7) is 4.29. The molecule has 0 radical (unpaired) electrons. The van der Waals surface area contributed by atoms with Crippen molar-refractivity contribution in [3.05, 3.63) is 40.6 Å². The van der Waals surface area contributed by atoms with Crippen molar-refractivity contribution in [1.82, 2.24) is 19.7 Å². The van der Waals surface area contributed by atoms with Crippen molar-refractivity contribution >= 4 is 5.91 Å². The summed E-state index contributed by atoms with van der Waals surface area (Å²) in [5, 5.41) is 7.19. The molecule has 0 aliphatic heterocycles. The minimum atomic E-state index is -0.324. The first-order chi connectivity index (χ1) is 11.5. The van der Waals surface area contributed by atoms with Gasteiger partial charge >= 0.3 is 5.69 Å². The van der Waals surface area contributed by atoms with Gasteiger partial charge in [-0.25, -0.2) is 13.9 Å². The maximum Gasteiger partial charge on any atom is 0.346 e. The molecule has 0 atom stereocenters. The van der Waals surface area contributed by atoms with Gasteiger partial charge in [-0.05, 0) is 37.1 Å². The number of amides is 1. The number of carbonyl (C=O) groups excluding carboxylic acids is 1. The summed E-state index contributed by atoms with van der Waals surface area (Å²) >= 11 is 0. The van der Waals surface area contributed by atoms with Crippen LogP contribution >= 0.6 is 0 Å². The highest BCUT2D eigenvalue weighted by molar-refractivity contribution is 5.77. The normalized spacial score (nSPS) is 14.2. The molecular formula is C17H21FN4O2. The zero-order valence-corrected chi connectivity index (χ0v) is 13.8. The molecule has 1 heterocycles. The standard InChI is InChI=1S/C17H21FN4O2/c1-11(2)16(23)19-9-10-21-17(24)22(14-7-8-14)15(20-21)12-3-5-13(18)6-4-12/h3-6,11,14H,7-10H2,1-2H3,(H,19,23). The van der Waals surface area contributed by atoms with E-state index in [2.05, 4.69) is 10.4 Å². The van der Waals surface area contributed by atoms with E-state index in [1.165, 1.54) is 16.8 Å². The average Bonchev–Trinajstić information content (AvgIpc) is 3.33. The Morgan fingerprint density at radius 2 is 2.00 bits per heavy atom. The van der Waals surface area contributed by atoms with E-state index in [0.29, 0.717) is 24.5 Å². The second-order valence-electron chi connectivity index (χ2n) is 6.38. The predicted octanol–water partition coefficient (Wildman–Crippen LogP) is 1.96. The van der Waals surface area contributed by atoms with Gasteiger partial charge in [0.05, 0.1) is 6.54 Å². The zero-order valence-electron chi connectivity index (χ0n) is 13.8. The zero-order chi connectivity index (χ0) is 17.3. The van der Waals surface area contributed by atoms with E-state index in [-0.39, 0.29) is 29.4 Å². The maximum absolute atomic E-state index is 13.1. The molecule has 1 amide bonds. The number of rotatable bonds is 6. The van der Waals surface area contributed by atoms with Gasteiger partial charge in [0.15, 0.2) is 5.82 Å². The smallest absolute Gasteiger partial charge is 0.346 e. The van der Waals surface area contributed by atoms with Crippen molar-refractivity contribution < 1.29 is 9.18 Å². The number of nitrogens with one attached hydrogen (secondary N) is 1. The summed E-state index contributed by atoms with van der Waals surface area (Å²) in [5.41, 5.74) is 0.529. The van der Waals surface area contributed by atoms with Gasteiger partial charge in [-0.15, -0.1) is 5.10 Å². The first-order valence-corrected chi connectivity index (χ1v) is 8.20. The molecule has 128 valence electrons. The second-order valence-corrected chi connectivity index (χ2v) is 6.38. The van der Waals surface area contributed by atoms with Crippen LogP contribution in [0.15, 0.2) is 29.1 Å². The molecule has 1 aromatic carbocycles. The number of nitrogens with zero attached hydrogens (tertiary/aromatic N) is 3. The van der Waals surface area contributed by atoms with Gasteiger partial charge in [0.2, 0.25) is 5.91 Å². The molecule has 0 saturated heterocycles. The van der Waals surface area contributed by atoms with E-state index in [0.717, 1.165) is 12.8 Å².